The van der Waals surface area contributed by atoms with Gasteiger partial charge in [0.25, 0.3) is 0 Å². The van der Waals surface area contributed by atoms with Crippen LogP contribution in [0.4, 0.5) is 0 Å². The molecule has 0 aliphatic carbocycles. The van der Waals surface area contributed by atoms with Crippen molar-refractivity contribution >= 4 is 19.9 Å². The first-order valence-electron chi connectivity index (χ1n) is 9.03. The Labute approximate surface area is 171 Å². The van der Waals surface area contributed by atoms with Gasteiger partial charge in [-0.15, -0.1) is 0 Å². The molecule has 3 aromatic rings. The van der Waals surface area contributed by atoms with Gasteiger partial charge in [-0.2, -0.15) is 0 Å². The van der Waals surface area contributed by atoms with E-state index in [1.54, 1.807) is 50.4 Å². The number of pyridine rings is 1. The van der Waals surface area contributed by atoms with Crippen LogP contribution >= 0.6 is 0 Å². The summed E-state index contributed by atoms with van der Waals surface area (Å²) in [4.78, 5) is 4.23. The van der Waals surface area contributed by atoms with Crippen molar-refractivity contribution in [2.75, 3.05) is 6.54 Å². The fourth-order valence-corrected chi connectivity index (χ4v) is 5.94. The van der Waals surface area contributed by atoms with Gasteiger partial charge in [-0.05, 0) is 55.3 Å². The van der Waals surface area contributed by atoms with Crippen LogP contribution < -0.4 is 4.72 Å². The molecular weight excluding hydrogens is 408 g/mol. The Morgan fingerprint density at radius 2 is 1.48 bits per heavy atom. The van der Waals surface area contributed by atoms with Crippen LogP contribution in [0.5, 0.6) is 0 Å². The highest BCUT2D eigenvalue weighted by molar-refractivity contribution is 7.91. The molecule has 0 atom stereocenters. The van der Waals surface area contributed by atoms with Crippen LogP contribution in [0.15, 0.2) is 81.5 Å². The van der Waals surface area contributed by atoms with Crippen LogP contribution in [-0.2, 0) is 26.3 Å². The molecule has 0 spiro atoms. The van der Waals surface area contributed by atoms with E-state index in [0.717, 1.165) is 5.69 Å². The summed E-state index contributed by atoms with van der Waals surface area (Å²) < 4.78 is 54.3. The number of sulfonamides is 1. The van der Waals surface area contributed by atoms with Crippen molar-refractivity contribution in [1.82, 2.24) is 9.71 Å². The van der Waals surface area contributed by atoms with Gasteiger partial charge in [-0.3, -0.25) is 4.98 Å². The maximum Gasteiger partial charge on any atom is 0.240 e. The average molecular weight is 431 g/mol. The van der Waals surface area contributed by atoms with Crippen LogP contribution in [-0.4, -0.2) is 28.4 Å². The molecule has 0 saturated carbocycles. The first kappa shape index (κ1) is 21.2. The van der Waals surface area contributed by atoms with Gasteiger partial charge < -0.3 is 0 Å². The van der Waals surface area contributed by atoms with E-state index in [0.29, 0.717) is 17.5 Å². The van der Waals surface area contributed by atoms with E-state index >= 15 is 0 Å². The third-order valence-electron chi connectivity index (χ3n) is 4.50. The van der Waals surface area contributed by atoms with Gasteiger partial charge in [-0.1, -0.05) is 30.3 Å². The Hall–Kier alpha value is -2.55. The zero-order valence-corrected chi connectivity index (χ0v) is 17.8. The van der Waals surface area contributed by atoms with Gasteiger partial charge in [0.15, 0.2) is 0 Å². The van der Waals surface area contributed by atoms with E-state index in [4.69, 9.17) is 0 Å². The van der Waals surface area contributed by atoms with E-state index in [2.05, 4.69) is 9.71 Å². The summed E-state index contributed by atoms with van der Waals surface area (Å²) in [5.74, 6) is 0. The van der Waals surface area contributed by atoms with Crippen molar-refractivity contribution in [1.29, 1.82) is 0 Å². The Balaban J connectivity index is 1.92. The number of sulfone groups is 1. The molecule has 0 fully saturated rings. The molecule has 3 rings (SSSR count). The Morgan fingerprint density at radius 1 is 0.828 bits per heavy atom. The zero-order chi connectivity index (χ0) is 21.1. The molecule has 1 heterocycles. The number of aromatic nitrogens is 1. The summed E-state index contributed by atoms with van der Waals surface area (Å²) in [5.41, 5.74) is 1.75. The molecule has 0 unspecified atom stereocenters. The number of rotatable bonds is 7. The first-order valence-corrected chi connectivity index (χ1v) is 12.0. The molecule has 1 N–H and O–H groups in total. The molecule has 2 aromatic carbocycles. The minimum Gasteiger partial charge on any atom is -0.261 e. The minimum absolute atomic E-state index is 0.0144. The van der Waals surface area contributed by atoms with Crippen LogP contribution in [0.3, 0.4) is 0 Å². The third-order valence-corrected chi connectivity index (χ3v) is 8.02. The van der Waals surface area contributed by atoms with Crippen LogP contribution in [0.2, 0.25) is 0 Å². The molecule has 0 aliphatic heterocycles. The van der Waals surface area contributed by atoms with Gasteiger partial charge >= 0.3 is 0 Å². The van der Waals surface area contributed by atoms with E-state index in [9.17, 15) is 16.8 Å². The van der Waals surface area contributed by atoms with E-state index in [1.165, 1.54) is 18.2 Å². The van der Waals surface area contributed by atoms with Gasteiger partial charge in [0, 0.05) is 24.9 Å². The van der Waals surface area contributed by atoms with Gasteiger partial charge in [0.1, 0.15) is 0 Å². The average Bonchev–Trinajstić information content (AvgIpc) is 2.69. The second kappa shape index (κ2) is 8.44. The van der Waals surface area contributed by atoms with Crippen LogP contribution in [0.1, 0.15) is 16.8 Å². The quantitative estimate of drug-likeness (QED) is 0.622. The van der Waals surface area contributed by atoms with Crippen molar-refractivity contribution in [3.8, 4) is 0 Å². The third kappa shape index (κ3) is 4.72. The molecule has 6 nitrogen and oxygen atoms in total. The van der Waals surface area contributed by atoms with Crippen LogP contribution in [0, 0.1) is 13.8 Å². The van der Waals surface area contributed by atoms with Crippen molar-refractivity contribution in [3.05, 3.63) is 83.7 Å². The fourth-order valence-electron chi connectivity index (χ4n) is 3.06. The summed E-state index contributed by atoms with van der Waals surface area (Å²) in [5, 5.41) is 0. The lowest BCUT2D eigenvalue weighted by atomic mass is 10.2. The predicted molar refractivity (Wildman–Crippen MR) is 111 cm³/mol. The topological polar surface area (TPSA) is 93.2 Å². The second-order valence-electron chi connectivity index (χ2n) is 6.67. The summed E-state index contributed by atoms with van der Waals surface area (Å²) in [6.07, 6.45) is 2.08. The van der Waals surface area contributed by atoms with E-state index < -0.39 is 19.9 Å². The van der Waals surface area contributed by atoms with E-state index in [-0.39, 0.29) is 21.2 Å². The highest BCUT2D eigenvalue weighted by Crippen LogP contribution is 2.28. The maximum atomic E-state index is 13.0. The molecule has 0 amide bonds. The summed E-state index contributed by atoms with van der Waals surface area (Å²) in [6, 6.07) is 16.2. The molecule has 1 aromatic heterocycles. The van der Waals surface area contributed by atoms with Gasteiger partial charge in [0.05, 0.1) is 14.7 Å². The van der Waals surface area contributed by atoms with E-state index in [1.807, 2.05) is 12.1 Å². The maximum absolute atomic E-state index is 13.0. The van der Waals surface area contributed by atoms with Gasteiger partial charge in [-0.25, -0.2) is 21.6 Å². The number of nitrogens with one attached hydrogen (secondary N) is 1. The first-order chi connectivity index (χ1) is 13.7. The van der Waals surface area contributed by atoms with Crippen molar-refractivity contribution < 1.29 is 16.8 Å². The molecule has 0 aliphatic rings. The molecule has 0 saturated heterocycles. The highest BCUT2D eigenvalue weighted by Gasteiger charge is 2.25. The number of nitrogens with zero attached hydrogens (tertiary/aromatic N) is 1. The molecule has 29 heavy (non-hydrogen) atoms. The smallest absolute Gasteiger partial charge is 0.240 e. The lowest BCUT2D eigenvalue weighted by molar-refractivity contribution is 0.580. The summed E-state index contributed by atoms with van der Waals surface area (Å²) in [7, 11) is -7.72. The lowest BCUT2D eigenvalue weighted by Crippen LogP contribution is -2.27. The molecule has 8 heteroatoms. The number of aryl methyl sites for hydroxylation is 2. The lowest BCUT2D eigenvalue weighted by Gasteiger charge is -2.14. The largest absolute Gasteiger partial charge is 0.261 e. The van der Waals surface area contributed by atoms with Crippen molar-refractivity contribution in [2.24, 2.45) is 0 Å². The number of benzene rings is 2. The Morgan fingerprint density at radius 3 is 2.14 bits per heavy atom. The highest BCUT2D eigenvalue weighted by atomic mass is 32.2. The summed E-state index contributed by atoms with van der Waals surface area (Å²) in [6.45, 7) is 3.47. The number of hydrogen-bond donors (Lipinski definition) is 1. The molecule has 0 bridgehead atoms. The second-order valence-corrected chi connectivity index (χ2v) is 10.3. The van der Waals surface area contributed by atoms with Crippen molar-refractivity contribution in [3.63, 3.8) is 0 Å². The molecule has 0 radical (unpaired) electrons. The number of hydrogen-bond acceptors (Lipinski definition) is 5. The monoisotopic (exact) mass is 430 g/mol. The zero-order valence-electron chi connectivity index (χ0n) is 16.2. The standard InChI is InChI=1S/C21H22N2O4S2/c1-16-14-17(2)21(15-20(16)28(24,25)19-9-4-3-5-10-19)29(26,27)23-13-11-18-8-6-7-12-22-18/h3-10,12,14-15,23H,11,13H2,1-2H3. The molecule has 152 valence electrons. The fraction of sp³-hybridized carbons (Fsp3) is 0.190. The SMILES string of the molecule is Cc1cc(C)c(S(=O)(=O)c2ccccc2)cc1S(=O)(=O)NCCc1ccccn1. The van der Waals surface area contributed by atoms with Crippen LogP contribution in [0.25, 0.3) is 0 Å². The predicted octanol–water partition coefficient (Wildman–Crippen LogP) is 3.05. The normalized spacial score (nSPS) is 12.1. The molecular formula is C21H22N2O4S2. The van der Waals surface area contributed by atoms with Gasteiger partial charge in [0.2, 0.25) is 19.9 Å². The Bertz CT molecular complexity index is 1210. The Kier molecular flexibility index (Phi) is 6.16. The van der Waals surface area contributed by atoms with Crippen molar-refractivity contribution in [2.45, 2.75) is 35.0 Å². The summed E-state index contributed by atoms with van der Waals surface area (Å²) >= 11 is 0. The minimum atomic E-state index is -3.89.